The van der Waals surface area contributed by atoms with Crippen molar-refractivity contribution in [2.45, 2.75) is 59.7 Å². The minimum absolute atomic E-state index is 0. The Hall–Kier alpha value is -4.22. The van der Waals surface area contributed by atoms with E-state index < -0.39 is 8.07 Å². The first-order valence-corrected chi connectivity index (χ1v) is 20.5. The van der Waals surface area contributed by atoms with Crippen molar-refractivity contribution in [2.75, 3.05) is 0 Å². The van der Waals surface area contributed by atoms with Crippen LogP contribution in [0.5, 0.6) is 0 Å². The molecule has 0 amide bonds. The van der Waals surface area contributed by atoms with Crippen LogP contribution in [-0.2, 0) is 26.5 Å². The van der Waals surface area contributed by atoms with Gasteiger partial charge in [0, 0.05) is 37.9 Å². The quantitative estimate of drug-likeness (QED) is 0.118. The number of hydrogen-bond acceptors (Lipinski definition) is 3. The fourth-order valence-corrected chi connectivity index (χ4v) is 7.77. The topological polar surface area (TPSA) is 38.9 Å². The second-order valence-electron chi connectivity index (χ2n) is 14.4. The van der Waals surface area contributed by atoms with E-state index in [4.69, 9.17) is 4.42 Å². The molecule has 50 heavy (non-hydrogen) atoms. The molecule has 0 unspecified atom stereocenters. The molecule has 7 rings (SSSR count). The first-order valence-electron chi connectivity index (χ1n) is 17.0. The number of rotatable bonds is 7. The Balaban J connectivity index is 0.000000204. The van der Waals surface area contributed by atoms with E-state index in [1.165, 1.54) is 28.4 Å². The number of hydrogen-bond donors (Lipinski definition) is 0. The normalized spacial score (nSPS) is 11.5. The molecule has 3 nitrogen and oxygen atoms in total. The zero-order valence-corrected chi connectivity index (χ0v) is 33.2. The van der Waals surface area contributed by atoms with E-state index in [1.807, 2.05) is 54.7 Å². The number of benzene rings is 4. The Labute approximate surface area is 310 Å². The molecule has 0 aliphatic heterocycles. The number of nitrogens with zero attached hydrogens (tertiary/aromatic N) is 2. The number of halogens is 1. The van der Waals surface area contributed by atoms with Crippen LogP contribution < -0.4 is 5.19 Å². The third-order valence-corrected chi connectivity index (χ3v) is 10.8. The molecule has 0 atom stereocenters. The summed E-state index contributed by atoms with van der Waals surface area (Å²) in [5.74, 6) is 0.847. The minimum atomic E-state index is -1.34. The molecule has 0 spiro atoms. The Morgan fingerprint density at radius 2 is 1.52 bits per heavy atom. The van der Waals surface area contributed by atoms with Gasteiger partial charge in [-0.25, -0.2) is 4.39 Å². The minimum Gasteiger partial charge on any atom is -0.501 e. The summed E-state index contributed by atoms with van der Waals surface area (Å²) in [4.78, 5) is 9.25. The molecule has 7 aromatic rings. The van der Waals surface area contributed by atoms with Gasteiger partial charge in [0.2, 0.25) is 0 Å². The molecule has 4 aromatic carbocycles. The van der Waals surface area contributed by atoms with E-state index in [2.05, 4.69) is 99.9 Å². The van der Waals surface area contributed by atoms with Crippen LogP contribution in [0.2, 0.25) is 19.6 Å². The summed E-state index contributed by atoms with van der Waals surface area (Å²) in [7, 11) is -1.34. The van der Waals surface area contributed by atoms with Gasteiger partial charge in [-0.2, -0.15) is 0 Å². The average Bonchev–Trinajstić information content (AvgIpc) is 3.47. The first kappa shape index (κ1) is 37.0. The first-order chi connectivity index (χ1) is 23.5. The van der Waals surface area contributed by atoms with Crippen molar-refractivity contribution in [1.29, 1.82) is 0 Å². The fourth-order valence-electron chi connectivity index (χ4n) is 6.18. The van der Waals surface area contributed by atoms with E-state index in [1.54, 1.807) is 12.1 Å². The zero-order chi connectivity index (χ0) is 34.7. The molecule has 6 heteroatoms. The monoisotopic (exact) mass is 855 g/mol. The SMILES string of the molecule is CC(C)Cc1cc(-c2[c-]cccc2)ncc1[Si](C)(C)C.CC(C)c1ccnc(-c2[c-]ccc3c2oc2cc(-c4ccc(F)cc4)ccc23)c1.[Ir]. The Kier molecular flexibility index (Phi) is 11.7. The summed E-state index contributed by atoms with van der Waals surface area (Å²) in [6.07, 6.45) is 5.08. The van der Waals surface area contributed by atoms with Crippen LogP contribution in [0.3, 0.4) is 0 Å². The van der Waals surface area contributed by atoms with Crippen molar-refractivity contribution in [3.05, 3.63) is 139 Å². The van der Waals surface area contributed by atoms with Gasteiger partial charge >= 0.3 is 0 Å². The second-order valence-corrected chi connectivity index (χ2v) is 19.4. The van der Waals surface area contributed by atoms with Gasteiger partial charge in [-0.1, -0.05) is 106 Å². The van der Waals surface area contributed by atoms with Gasteiger partial charge in [-0.3, -0.25) is 0 Å². The van der Waals surface area contributed by atoms with Crippen LogP contribution in [0.4, 0.5) is 4.39 Å². The summed E-state index contributed by atoms with van der Waals surface area (Å²) in [6.45, 7) is 16.1. The number of fused-ring (bicyclic) bond motifs is 3. The second kappa shape index (κ2) is 15.8. The van der Waals surface area contributed by atoms with Gasteiger partial charge < -0.3 is 14.4 Å². The van der Waals surface area contributed by atoms with Gasteiger partial charge in [0.15, 0.2) is 0 Å². The molecule has 1 radical (unpaired) electrons. The number of furan rings is 1. The Morgan fingerprint density at radius 1 is 0.760 bits per heavy atom. The van der Waals surface area contributed by atoms with Crippen molar-refractivity contribution >= 4 is 35.2 Å². The maximum Gasteiger partial charge on any atom is 0.123 e. The van der Waals surface area contributed by atoms with E-state index in [9.17, 15) is 4.39 Å². The van der Waals surface area contributed by atoms with Crippen molar-refractivity contribution in [1.82, 2.24) is 9.97 Å². The smallest absolute Gasteiger partial charge is 0.123 e. The van der Waals surface area contributed by atoms with Gasteiger partial charge in [-0.05, 0) is 70.2 Å². The molecule has 0 bridgehead atoms. The standard InChI is InChI=1S/C26H19FNO.C18H24NSi.Ir/c1-16(2)18-12-13-28-24(14-18)23-5-3-4-22-21-11-8-19(15-25(21)29-26(22)23)17-6-9-20(27)10-7-17;1-14(2)11-16-12-17(15-9-7-6-8-10-15)19-13-18(16)20(3,4)5;/h3-4,6-16H,1-2H3;6-9,12-14H,11H2,1-5H3;/q2*-1;. The third-order valence-electron chi connectivity index (χ3n) is 8.73. The molecule has 3 aromatic heterocycles. The van der Waals surface area contributed by atoms with Crippen molar-refractivity contribution < 1.29 is 28.9 Å². The number of pyridine rings is 2. The average molecular weight is 855 g/mol. The van der Waals surface area contributed by atoms with Crippen LogP contribution >= 0.6 is 0 Å². The molecule has 0 saturated carbocycles. The third kappa shape index (κ3) is 8.38. The van der Waals surface area contributed by atoms with Crippen LogP contribution in [0, 0.1) is 23.9 Å². The maximum atomic E-state index is 13.3. The van der Waals surface area contributed by atoms with Crippen molar-refractivity contribution in [3.63, 3.8) is 0 Å². The van der Waals surface area contributed by atoms with Crippen LogP contribution in [0.25, 0.3) is 55.6 Å². The van der Waals surface area contributed by atoms with Crippen LogP contribution in [0.15, 0.2) is 114 Å². The molecule has 257 valence electrons. The largest absolute Gasteiger partial charge is 0.501 e. The maximum absolute atomic E-state index is 13.3. The molecular formula is C44H43FIrN2OSi-2. The summed E-state index contributed by atoms with van der Waals surface area (Å²) >= 11 is 0. The molecule has 0 aliphatic rings. The summed E-state index contributed by atoms with van der Waals surface area (Å²) in [5, 5.41) is 3.57. The van der Waals surface area contributed by atoms with Gasteiger partial charge in [-0.15, -0.1) is 54.1 Å². The van der Waals surface area contributed by atoms with E-state index >= 15 is 0 Å². The molecule has 0 N–H and O–H groups in total. The van der Waals surface area contributed by atoms with E-state index in [-0.39, 0.29) is 25.9 Å². The summed E-state index contributed by atoms with van der Waals surface area (Å²) in [6, 6.07) is 37.6. The zero-order valence-electron chi connectivity index (χ0n) is 29.8. The molecular weight excluding hydrogens is 812 g/mol. The molecule has 0 saturated heterocycles. The predicted molar refractivity (Wildman–Crippen MR) is 205 cm³/mol. The van der Waals surface area contributed by atoms with Gasteiger partial charge in [0.05, 0.1) is 13.7 Å². The van der Waals surface area contributed by atoms with Crippen LogP contribution in [-0.4, -0.2) is 18.0 Å². The van der Waals surface area contributed by atoms with Crippen LogP contribution in [0.1, 0.15) is 44.7 Å². The predicted octanol–water partition coefficient (Wildman–Crippen LogP) is 11.7. The Morgan fingerprint density at radius 3 is 2.20 bits per heavy atom. The van der Waals surface area contributed by atoms with Crippen molar-refractivity contribution in [3.8, 4) is 33.6 Å². The molecule has 0 fully saturated rings. The van der Waals surface area contributed by atoms with Gasteiger partial charge in [0.25, 0.3) is 0 Å². The van der Waals surface area contributed by atoms with E-state index in [0.29, 0.717) is 11.8 Å². The summed E-state index contributed by atoms with van der Waals surface area (Å²) in [5.41, 5.74) is 10.1. The Bertz CT molecular complexity index is 2200. The summed E-state index contributed by atoms with van der Waals surface area (Å²) < 4.78 is 19.5. The molecule has 0 aliphatic carbocycles. The van der Waals surface area contributed by atoms with Crippen molar-refractivity contribution in [2.24, 2.45) is 5.92 Å². The number of aromatic nitrogens is 2. The van der Waals surface area contributed by atoms with E-state index in [0.717, 1.165) is 62.0 Å². The molecule has 3 heterocycles. The fraction of sp³-hybridized carbons (Fsp3) is 0.227. The van der Waals surface area contributed by atoms with Gasteiger partial charge in [0.1, 0.15) is 11.4 Å².